The number of hydrogen-bond acceptors (Lipinski definition) is 4. The van der Waals surface area contributed by atoms with Gasteiger partial charge in [-0.1, -0.05) is 11.6 Å². The zero-order valence-electron chi connectivity index (χ0n) is 12.2. The van der Waals surface area contributed by atoms with Crippen LogP contribution >= 0.6 is 15.9 Å². The van der Waals surface area contributed by atoms with Crippen LogP contribution < -0.4 is 20.1 Å². The lowest BCUT2D eigenvalue weighted by molar-refractivity contribution is 0.0956. The van der Waals surface area contributed by atoms with E-state index in [1.807, 2.05) is 0 Å². The summed E-state index contributed by atoms with van der Waals surface area (Å²) in [5, 5.41) is 6.17. The second kappa shape index (κ2) is 7.47. The summed E-state index contributed by atoms with van der Waals surface area (Å²) in [7, 11) is 3.11. The SMILES string of the molecule is COc1cc(C(=O)NCC2=CCNCC2)cc(OC)c1Br. The maximum absolute atomic E-state index is 12.3. The van der Waals surface area contributed by atoms with Gasteiger partial charge >= 0.3 is 0 Å². The number of ether oxygens (including phenoxy) is 2. The molecule has 0 aliphatic carbocycles. The van der Waals surface area contributed by atoms with E-state index in [1.54, 1.807) is 26.4 Å². The molecule has 1 aliphatic rings. The third-order valence-corrected chi connectivity index (χ3v) is 4.12. The molecule has 0 spiro atoms. The predicted molar refractivity (Wildman–Crippen MR) is 85.1 cm³/mol. The second-order valence-electron chi connectivity index (χ2n) is 4.69. The normalized spacial score (nSPS) is 14.3. The average Bonchev–Trinajstić information content (AvgIpc) is 2.53. The fourth-order valence-electron chi connectivity index (χ4n) is 2.13. The molecule has 1 aromatic carbocycles. The number of carbonyl (C=O) groups excluding carboxylic acids is 1. The van der Waals surface area contributed by atoms with E-state index in [2.05, 4.69) is 32.6 Å². The molecule has 114 valence electrons. The first-order valence-corrected chi connectivity index (χ1v) is 7.53. The van der Waals surface area contributed by atoms with Crippen molar-refractivity contribution in [3.05, 3.63) is 33.8 Å². The number of nitrogens with one attached hydrogen (secondary N) is 2. The highest BCUT2D eigenvalue weighted by Gasteiger charge is 2.15. The van der Waals surface area contributed by atoms with Crippen molar-refractivity contribution < 1.29 is 14.3 Å². The molecule has 0 radical (unpaired) electrons. The van der Waals surface area contributed by atoms with Crippen LogP contribution in [0.3, 0.4) is 0 Å². The van der Waals surface area contributed by atoms with Crippen molar-refractivity contribution in [3.8, 4) is 11.5 Å². The van der Waals surface area contributed by atoms with E-state index < -0.39 is 0 Å². The minimum Gasteiger partial charge on any atom is -0.495 e. The van der Waals surface area contributed by atoms with Crippen LogP contribution in [0, 0.1) is 0 Å². The molecule has 1 aromatic rings. The van der Waals surface area contributed by atoms with Gasteiger partial charge < -0.3 is 20.1 Å². The molecule has 0 aromatic heterocycles. The van der Waals surface area contributed by atoms with Crippen LogP contribution in [0.25, 0.3) is 0 Å². The number of methoxy groups -OCH3 is 2. The summed E-state index contributed by atoms with van der Waals surface area (Å²) in [6.07, 6.45) is 3.08. The van der Waals surface area contributed by atoms with Crippen LogP contribution in [0.5, 0.6) is 11.5 Å². The Morgan fingerprint density at radius 1 is 1.33 bits per heavy atom. The maximum atomic E-state index is 12.3. The average molecular weight is 355 g/mol. The van der Waals surface area contributed by atoms with Gasteiger partial charge in [-0.25, -0.2) is 0 Å². The first-order valence-electron chi connectivity index (χ1n) is 6.74. The van der Waals surface area contributed by atoms with Crippen molar-refractivity contribution in [2.24, 2.45) is 0 Å². The molecule has 21 heavy (non-hydrogen) atoms. The van der Waals surface area contributed by atoms with Gasteiger partial charge in [0.15, 0.2) is 0 Å². The van der Waals surface area contributed by atoms with Gasteiger partial charge in [-0.15, -0.1) is 0 Å². The van der Waals surface area contributed by atoms with Gasteiger partial charge in [-0.05, 0) is 41.0 Å². The van der Waals surface area contributed by atoms with Gasteiger partial charge in [0.25, 0.3) is 5.91 Å². The van der Waals surface area contributed by atoms with E-state index in [9.17, 15) is 4.79 Å². The summed E-state index contributed by atoms with van der Waals surface area (Å²) < 4.78 is 11.2. The lowest BCUT2D eigenvalue weighted by Crippen LogP contribution is -2.29. The highest BCUT2D eigenvalue weighted by atomic mass is 79.9. The Morgan fingerprint density at radius 3 is 2.52 bits per heavy atom. The summed E-state index contributed by atoms with van der Waals surface area (Å²) in [6, 6.07) is 3.39. The van der Waals surface area contributed by atoms with E-state index in [1.165, 1.54) is 5.57 Å². The highest BCUT2D eigenvalue weighted by Crippen LogP contribution is 2.35. The van der Waals surface area contributed by atoms with E-state index in [0.717, 1.165) is 19.5 Å². The van der Waals surface area contributed by atoms with Crippen molar-refractivity contribution in [2.75, 3.05) is 33.9 Å². The van der Waals surface area contributed by atoms with Crippen LogP contribution in [-0.4, -0.2) is 39.8 Å². The standard InChI is InChI=1S/C15H19BrN2O3/c1-20-12-7-11(8-13(21-2)14(12)16)15(19)18-9-10-3-5-17-6-4-10/h3,7-8,17H,4-6,9H2,1-2H3,(H,18,19). The Bertz CT molecular complexity index is 533. The molecule has 2 rings (SSSR count). The monoisotopic (exact) mass is 354 g/mol. The Balaban J connectivity index is 2.09. The van der Waals surface area contributed by atoms with Crippen molar-refractivity contribution in [3.63, 3.8) is 0 Å². The van der Waals surface area contributed by atoms with Crippen molar-refractivity contribution in [1.82, 2.24) is 10.6 Å². The van der Waals surface area contributed by atoms with Crippen molar-refractivity contribution >= 4 is 21.8 Å². The van der Waals surface area contributed by atoms with E-state index >= 15 is 0 Å². The Kier molecular flexibility index (Phi) is 5.64. The van der Waals surface area contributed by atoms with Gasteiger partial charge in [-0.2, -0.15) is 0 Å². The van der Waals surface area contributed by atoms with E-state index in [4.69, 9.17) is 9.47 Å². The molecule has 6 heteroatoms. The van der Waals surface area contributed by atoms with Gasteiger partial charge in [-0.3, -0.25) is 4.79 Å². The first kappa shape index (κ1) is 15.9. The molecule has 0 bridgehead atoms. The highest BCUT2D eigenvalue weighted by molar-refractivity contribution is 9.10. The van der Waals surface area contributed by atoms with Crippen LogP contribution in [0.2, 0.25) is 0 Å². The zero-order valence-corrected chi connectivity index (χ0v) is 13.7. The van der Waals surface area contributed by atoms with E-state index in [0.29, 0.717) is 28.1 Å². The summed E-state index contributed by atoms with van der Waals surface area (Å²) in [5.74, 6) is 1.000. The Labute approximate surface area is 132 Å². The van der Waals surface area contributed by atoms with Gasteiger partial charge in [0.1, 0.15) is 16.0 Å². The molecule has 0 saturated heterocycles. The number of benzene rings is 1. The van der Waals surface area contributed by atoms with E-state index in [-0.39, 0.29) is 5.91 Å². The third-order valence-electron chi connectivity index (χ3n) is 3.34. The third kappa shape index (κ3) is 3.98. The van der Waals surface area contributed by atoms with Crippen LogP contribution in [-0.2, 0) is 0 Å². The Hall–Kier alpha value is -1.53. The number of halogens is 1. The molecule has 0 fully saturated rings. The molecule has 2 N–H and O–H groups in total. The van der Waals surface area contributed by atoms with Gasteiger partial charge in [0.2, 0.25) is 0 Å². The fourth-order valence-corrected chi connectivity index (χ4v) is 2.68. The van der Waals surface area contributed by atoms with Crippen LogP contribution in [0.4, 0.5) is 0 Å². The van der Waals surface area contributed by atoms with Crippen LogP contribution in [0.1, 0.15) is 16.8 Å². The smallest absolute Gasteiger partial charge is 0.251 e. The van der Waals surface area contributed by atoms with Crippen molar-refractivity contribution in [1.29, 1.82) is 0 Å². The number of carbonyl (C=O) groups is 1. The maximum Gasteiger partial charge on any atom is 0.251 e. The quantitative estimate of drug-likeness (QED) is 0.795. The predicted octanol–water partition coefficient (Wildman–Crippen LogP) is 2.12. The minimum absolute atomic E-state index is 0.140. The summed E-state index contributed by atoms with van der Waals surface area (Å²) in [4.78, 5) is 12.3. The van der Waals surface area contributed by atoms with Crippen molar-refractivity contribution in [2.45, 2.75) is 6.42 Å². The van der Waals surface area contributed by atoms with Crippen LogP contribution in [0.15, 0.2) is 28.3 Å². The number of amides is 1. The molecule has 1 heterocycles. The zero-order chi connectivity index (χ0) is 15.2. The fraction of sp³-hybridized carbons (Fsp3) is 0.400. The molecule has 0 saturated carbocycles. The molecular weight excluding hydrogens is 336 g/mol. The topological polar surface area (TPSA) is 59.6 Å². The lowest BCUT2D eigenvalue weighted by atomic mass is 10.1. The molecule has 5 nitrogen and oxygen atoms in total. The number of hydrogen-bond donors (Lipinski definition) is 2. The first-order chi connectivity index (χ1) is 10.2. The van der Waals surface area contributed by atoms with Gasteiger partial charge in [0, 0.05) is 18.7 Å². The summed E-state index contributed by atoms with van der Waals surface area (Å²) in [6.45, 7) is 2.40. The lowest BCUT2D eigenvalue weighted by Gasteiger charge is -2.15. The molecule has 0 atom stereocenters. The Morgan fingerprint density at radius 2 is 2.00 bits per heavy atom. The largest absolute Gasteiger partial charge is 0.495 e. The minimum atomic E-state index is -0.140. The molecule has 1 aliphatic heterocycles. The van der Waals surface area contributed by atoms with Gasteiger partial charge in [0.05, 0.1) is 14.2 Å². The second-order valence-corrected chi connectivity index (χ2v) is 5.49. The summed E-state index contributed by atoms with van der Waals surface area (Å²) >= 11 is 3.39. The number of rotatable bonds is 5. The molecule has 0 unspecified atom stereocenters. The molecule has 1 amide bonds. The molecular formula is C15H19BrN2O3. The summed E-state index contributed by atoms with van der Waals surface area (Å²) in [5.41, 5.74) is 1.76.